The van der Waals surface area contributed by atoms with Crippen molar-refractivity contribution < 1.29 is 19.1 Å². The minimum Gasteiger partial charge on any atom is -0.493 e. The molecule has 0 radical (unpaired) electrons. The number of methoxy groups -OCH3 is 1. The van der Waals surface area contributed by atoms with Gasteiger partial charge in [0.15, 0.2) is 11.5 Å². The average Bonchev–Trinajstić information content (AvgIpc) is 2.89. The lowest BCUT2D eigenvalue weighted by Crippen LogP contribution is -2.59. The number of carbonyl (C=O) groups excluding carboxylic acids is 2. The van der Waals surface area contributed by atoms with Crippen molar-refractivity contribution in [3.63, 3.8) is 0 Å². The summed E-state index contributed by atoms with van der Waals surface area (Å²) in [5, 5.41) is 0.668. The van der Waals surface area contributed by atoms with Crippen LogP contribution < -0.4 is 9.47 Å². The van der Waals surface area contributed by atoms with Crippen molar-refractivity contribution in [3.05, 3.63) is 58.6 Å². The second-order valence-corrected chi connectivity index (χ2v) is 10.4. The Balaban J connectivity index is 1.65. The zero-order chi connectivity index (χ0) is 25.7. The molecule has 1 saturated carbocycles. The summed E-state index contributed by atoms with van der Waals surface area (Å²) >= 11 is 6.39. The Morgan fingerprint density at radius 1 is 1.03 bits per heavy atom. The number of rotatable bonds is 9. The number of amides is 2. The first-order valence-corrected chi connectivity index (χ1v) is 13.4. The van der Waals surface area contributed by atoms with E-state index >= 15 is 0 Å². The molecule has 7 heteroatoms. The topological polar surface area (TPSA) is 59.1 Å². The van der Waals surface area contributed by atoms with Gasteiger partial charge in [-0.2, -0.15) is 0 Å². The molecule has 4 rings (SSSR count). The second-order valence-electron chi connectivity index (χ2n) is 9.97. The van der Waals surface area contributed by atoms with E-state index in [0.717, 1.165) is 43.2 Å². The highest BCUT2D eigenvalue weighted by atomic mass is 35.5. The van der Waals surface area contributed by atoms with Gasteiger partial charge in [-0.15, -0.1) is 0 Å². The number of carbonyl (C=O) groups is 2. The first-order valence-electron chi connectivity index (χ1n) is 13.1. The van der Waals surface area contributed by atoms with E-state index in [9.17, 15) is 9.59 Å². The van der Waals surface area contributed by atoms with Crippen LogP contribution in [0.5, 0.6) is 11.5 Å². The second kappa shape index (κ2) is 12.0. The highest BCUT2D eigenvalue weighted by Crippen LogP contribution is 2.37. The number of hydrogen-bond acceptors (Lipinski definition) is 4. The van der Waals surface area contributed by atoms with E-state index < -0.39 is 6.04 Å². The number of ether oxygens (including phenoxy) is 2. The van der Waals surface area contributed by atoms with Gasteiger partial charge in [0, 0.05) is 17.6 Å². The smallest absolute Gasteiger partial charge is 0.250 e. The maximum Gasteiger partial charge on any atom is 0.250 e. The maximum absolute atomic E-state index is 14.0. The molecule has 1 aliphatic heterocycles. The minimum atomic E-state index is -0.706. The number of piperazine rings is 1. The molecular formula is C29H37ClN2O4. The lowest BCUT2D eigenvalue weighted by atomic mass is 9.85. The quantitative estimate of drug-likeness (QED) is 0.434. The van der Waals surface area contributed by atoms with Gasteiger partial charge in [-0.25, -0.2) is 0 Å². The third kappa shape index (κ3) is 5.80. The SMILES string of the molecule is CCCOc1ccc([C@H]2C(=O)N(C3CCC(C)CC3)CC(=O)N2CCc2ccccc2Cl)cc1OC. The van der Waals surface area contributed by atoms with Gasteiger partial charge in [0.1, 0.15) is 12.6 Å². The highest BCUT2D eigenvalue weighted by molar-refractivity contribution is 6.31. The maximum atomic E-state index is 14.0. The molecule has 0 N–H and O–H groups in total. The van der Waals surface area contributed by atoms with Crippen LogP contribution in [-0.2, 0) is 16.0 Å². The van der Waals surface area contributed by atoms with Gasteiger partial charge < -0.3 is 19.3 Å². The zero-order valence-electron chi connectivity index (χ0n) is 21.5. The van der Waals surface area contributed by atoms with Crippen molar-refractivity contribution in [1.82, 2.24) is 9.80 Å². The van der Waals surface area contributed by atoms with Gasteiger partial charge in [-0.3, -0.25) is 9.59 Å². The average molecular weight is 513 g/mol. The van der Waals surface area contributed by atoms with E-state index in [-0.39, 0.29) is 24.4 Å². The lowest BCUT2D eigenvalue weighted by Gasteiger charge is -2.45. The third-order valence-corrected chi connectivity index (χ3v) is 7.79. The normalized spacial score (nSPS) is 22.6. The monoisotopic (exact) mass is 512 g/mol. The molecule has 2 fully saturated rings. The Hall–Kier alpha value is -2.73. The van der Waals surface area contributed by atoms with Crippen LogP contribution in [0.3, 0.4) is 0 Å². The van der Waals surface area contributed by atoms with Crippen LogP contribution in [0.25, 0.3) is 0 Å². The van der Waals surface area contributed by atoms with Crippen molar-refractivity contribution in [3.8, 4) is 11.5 Å². The molecule has 1 saturated heterocycles. The van der Waals surface area contributed by atoms with Crippen LogP contribution in [-0.4, -0.2) is 54.5 Å². The van der Waals surface area contributed by atoms with Gasteiger partial charge in [-0.05, 0) is 73.8 Å². The Labute approximate surface area is 219 Å². The molecule has 0 bridgehead atoms. The zero-order valence-corrected chi connectivity index (χ0v) is 22.3. The summed E-state index contributed by atoms with van der Waals surface area (Å²) in [5.41, 5.74) is 1.70. The molecule has 1 atom stereocenters. The van der Waals surface area contributed by atoms with E-state index in [1.165, 1.54) is 0 Å². The summed E-state index contributed by atoms with van der Waals surface area (Å²) in [6, 6.07) is 12.6. The Bertz CT molecular complexity index is 1070. The third-order valence-electron chi connectivity index (χ3n) is 7.43. The van der Waals surface area contributed by atoms with Crippen molar-refractivity contribution in [2.45, 2.75) is 64.5 Å². The van der Waals surface area contributed by atoms with Crippen LogP contribution >= 0.6 is 11.6 Å². The summed E-state index contributed by atoms with van der Waals surface area (Å²) in [6.07, 6.45) is 5.51. The predicted octanol–water partition coefficient (Wildman–Crippen LogP) is 5.67. The van der Waals surface area contributed by atoms with Crippen molar-refractivity contribution >= 4 is 23.4 Å². The Morgan fingerprint density at radius 3 is 2.47 bits per heavy atom. The molecule has 194 valence electrons. The van der Waals surface area contributed by atoms with E-state index in [2.05, 4.69) is 6.92 Å². The minimum absolute atomic E-state index is 0.0161. The molecule has 0 aromatic heterocycles. The van der Waals surface area contributed by atoms with E-state index in [1.807, 2.05) is 54.3 Å². The molecule has 1 aliphatic carbocycles. The van der Waals surface area contributed by atoms with E-state index in [0.29, 0.717) is 42.0 Å². The van der Waals surface area contributed by atoms with Gasteiger partial charge in [0.2, 0.25) is 5.91 Å². The molecule has 0 spiro atoms. The largest absolute Gasteiger partial charge is 0.493 e. The van der Waals surface area contributed by atoms with Crippen molar-refractivity contribution in [1.29, 1.82) is 0 Å². The van der Waals surface area contributed by atoms with Crippen LogP contribution in [0.15, 0.2) is 42.5 Å². The van der Waals surface area contributed by atoms with E-state index in [4.69, 9.17) is 21.1 Å². The fourth-order valence-corrected chi connectivity index (χ4v) is 5.55. The first kappa shape index (κ1) is 26.3. The van der Waals surface area contributed by atoms with Crippen LogP contribution in [0.1, 0.15) is 63.1 Å². The predicted molar refractivity (Wildman–Crippen MR) is 142 cm³/mol. The summed E-state index contributed by atoms with van der Waals surface area (Å²) in [4.78, 5) is 31.1. The lowest BCUT2D eigenvalue weighted by molar-refractivity contribution is -0.159. The van der Waals surface area contributed by atoms with Gasteiger partial charge >= 0.3 is 0 Å². The Morgan fingerprint density at radius 2 is 1.78 bits per heavy atom. The number of halogens is 1. The first-order chi connectivity index (χ1) is 17.4. The van der Waals surface area contributed by atoms with Crippen LogP contribution in [0, 0.1) is 5.92 Å². The molecular weight excluding hydrogens is 476 g/mol. The molecule has 2 aromatic carbocycles. The molecule has 6 nitrogen and oxygen atoms in total. The fourth-order valence-electron chi connectivity index (χ4n) is 5.32. The highest BCUT2D eigenvalue weighted by Gasteiger charge is 2.43. The molecule has 2 aliphatic rings. The molecule has 2 aromatic rings. The van der Waals surface area contributed by atoms with Crippen molar-refractivity contribution in [2.75, 3.05) is 26.8 Å². The summed E-state index contributed by atoms with van der Waals surface area (Å²) in [5.74, 6) is 1.82. The van der Waals surface area contributed by atoms with Gasteiger partial charge in [0.25, 0.3) is 5.91 Å². The standard InChI is InChI=1S/C29H37ClN2O4/c1-4-17-36-25-14-11-22(18-26(25)35-3)28-29(34)32(23-12-9-20(2)10-13-23)19-27(33)31(28)16-15-21-7-5-6-8-24(21)30/h5-8,11,14,18,20,23,28H,4,9-10,12-13,15-17,19H2,1-3H3/t20?,23?,28-/m0/s1. The van der Waals surface area contributed by atoms with Crippen LogP contribution in [0.4, 0.5) is 0 Å². The van der Waals surface area contributed by atoms with Gasteiger partial charge in [-0.1, -0.05) is 49.7 Å². The van der Waals surface area contributed by atoms with Crippen molar-refractivity contribution in [2.24, 2.45) is 5.92 Å². The number of hydrogen-bond donors (Lipinski definition) is 0. The Kier molecular flexibility index (Phi) is 8.78. The summed E-state index contributed by atoms with van der Waals surface area (Å²) in [6.45, 7) is 5.42. The summed E-state index contributed by atoms with van der Waals surface area (Å²) in [7, 11) is 1.59. The van der Waals surface area contributed by atoms with Crippen LogP contribution in [0.2, 0.25) is 5.02 Å². The molecule has 1 heterocycles. The number of benzene rings is 2. The van der Waals surface area contributed by atoms with E-state index in [1.54, 1.807) is 12.0 Å². The summed E-state index contributed by atoms with van der Waals surface area (Å²) < 4.78 is 11.4. The molecule has 2 amide bonds. The fraction of sp³-hybridized carbons (Fsp3) is 0.517. The molecule has 0 unspecified atom stereocenters. The number of nitrogens with zero attached hydrogens (tertiary/aromatic N) is 2. The van der Waals surface area contributed by atoms with Gasteiger partial charge in [0.05, 0.1) is 13.7 Å². The molecule has 36 heavy (non-hydrogen) atoms.